The summed E-state index contributed by atoms with van der Waals surface area (Å²) in [6.07, 6.45) is 8.03. The Bertz CT molecular complexity index is 1970. The van der Waals surface area contributed by atoms with Gasteiger partial charge in [-0.2, -0.15) is 0 Å². The van der Waals surface area contributed by atoms with Crippen molar-refractivity contribution in [2.24, 2.45) is 23.7 Å². The molecule has 3 aliphatic heterocycles. The topological polar surface area (TPSA) is 201 Å². The number of carbonyl (C=O) groups is 2. The van der Waals surface area contributed by atoms with Gasteiger partial charge in [-0.15, -0.1) is 0 Å². The number of phenols is 2. The third kappa shape index (κ3) is 7.08. The Morgan fingerprint density at radius 3 is 2.30 bits per heavy atom. The summed E-state index contributed by atoms with van der Waals surface area (Å²) >= 11 is 0. The van der Waals surface area contributed by atoms with Gasteiger partial charge in [-0.25, -0.2) is 0 Å². The second-order valence-corrected chi connectivity index (χ2v) is 14.9. The number of ketones is 1. The predicted molar refractivity (Wildman–Crippen MR) is 208 cm³/mol. The normalized spacial score (nSPS) is 22.5. The Labute approximate surface area is 315 Å². The molecular weight excluding hydrogens is 694 g/mol. The number of nitrogens with zero attached hydrogens (tertiary/aromatic N) is 1. The second-order valence-electron chi connectivity index (χ2n) is 14.9. The molecular formula is C41H53N3O10. The first-order chi connectivity index (χ1) is 25.5. The highest BCUT2D eigenvalue weighted by Crippen LogP contribution is 2.58. The van der Waals surface area contributed by atoms with E-state index in [1.165, 1.54) is 13.2 Å². The van der Waals surface area contributed by atoms with Gasteiger partial charge in [-0.05, 0) is 51.5 Å². The molecule has 2 aromatic rings. The maximum Gasteiger partial charge on any atom is 0.251 e. The van der Waals surface area contributed by atoms with E-state index in [0.29, 0.717) is 22.3 Å². The maximum atomic E-state index is 13.7. The Balaban J connectivity index is 1.39. The largest absolute Gasteiger partial charge is 0.516 e. The lowest BCUT2D eigenvalue weighted by Crippen LogP contribution is -2.44. The second kappa shape index (κ2) is 15.9. The molecule has 13 heteroatoms. The summed E-state index contributed by atoms with van der Waals surface area (Å²) in [6, 6.07) is 0. The van der Waals surface area contributed by atoms with Gasteiger partial charge in [0.2, 0.25) is 5.78 Å². The van der Waals surface area contributed by atoms with Crippen molar-refractivity contribution in [2.75, 3.05) is 22.6 Å². The molecule has 1 amide bonds. The number of allylic oxidation sites excluding steroid dienone is 4. The van der Waals surface area contributed by atoms with Gasteiger partial charge in [0.05, 0.1) is 53.0 Å². The fraction of sp³-hybridized carbons (Fsp3) is 0.463. The van der Waals surface area contributed by atoms with Crippen molar-refractivity contribution < 1.29 is 49.7 Å². The van der Waals surface area contributed by atoms with Crippen molar-refractivity contribution in [3.63, 3.8) is 0 Å². The fourth-order valence-electron chi connectivity index (χ4n) is 7.65. The van der Waals surface area contributed by atoms with Crippen LogP contribution in [0.5, 0.6) is 17.2 Å². The van der Waals surface area contributed by atoms with Crippen LogP contribution in [0.3, 0.4) is 0 Å². The van der Waals surface area contributed by atoms with E-state index in [1.54, 1.807) is 66.7 Å². The molecule has 0 aliphatic carbocycles. The number of aromatic hydroxyl groups is 2. The highest BCUT2D eigenvalue weighted by Gasteiger charge is 2.42. The average Bonchev–Trinajstić information content (AvgIpc) is 3.67. The highest BCUT2D eigenvalue weighted by molar-refractivity contribution is 6.26. The Morgan fingerprint density at radius 2 is 1.65 bits per heavy atom. The molecule has 0 radical (unpaired) electrons. The van der Waals surface area contributed by atoms with Gasteiger partial charge in [-0.3, -0.25) is 9.59 Å². The van der Waals surface area contributed by atoms with Crippen molar-refractivity contribution in [3.8, 4) is 17.2 Å². The molecule has 0 fully saturated rings. The SMILES string of the molecule is COC(/C=C/O)C(C)C(O)C(C)C(O)C(C)C(O)C(C)/C=C/C=C(/C)C(=O)Nc1c2c(c3c4c(c(C)c(O)c3c1O)O[C@@H](C)C4=O)NC1C=C(C)C=CN21. The summed E-state index contributed by atoms with van der Waals surface area (Å²) < 4.78 is 11.2. The number of aliphatic hydroxyl groups is 4. The van der Waals surface area contributed by atoms with E-state index in [1.807, 2.05) is 30.2 Å². The molecule has 10 atom stereocenters. The van der Waals surface area contributed by atoms with E-state index in [-0.39, 0.29) is 39.5 Å². The van der Waals surface area contributed by atoms with Crippen LogP contribution < -0.4 is 20.3 Å². The predicted octanol–water partition coefficient (Wildman–Crippen LogP) is 5.71. The van der Waals surface area contributed by atoms with Crippen LogP contribution in [0, 0.1) is 30.6 Å². The maximum absolute atomic E-state index is 13.7. The number of fused-ring (bicyclic) bond motifs is 7. The number of hydrogen-bond acceptors (Lipinski definition) is 12. The smallest absolute Gasteiger partial charge is 0.251 e. The van der Waals surface area contributed by atoms with Gasteiger partial charge >= 0.3 is 0 Å². The summed E-state index contributed by atoms with van der Waals surface area (Å²) in [6.45, 7) is 13.7. The Kier molecular flexibility index (Phi) is 11.9. The molecule has 3 aliphatic rings. The van der Waals surface area contributed by atoms with Crippen LogP contribution in [0.15, 0.2) is 60.1 Å². The van der Waals surface area contributed by atoms with Gasteiger partial charge in [0.1, 0.15) is 23.4 Å². The molecule has 2 aromatic carbocycles. The number of Topliss-reactive ketones (excluding diaryl/α,β-unsaturated/α-hetero) is 1. The molecule has 8 N–H and O–H groups in total. The van der Waals surface area contributed by atoms with Crippen LogP contribution >= 0.6 is 0 Å². The quantitative estimate of drug-likeness (QED) is 0.0409. The van der Waals surface area contributed by atoms with Crippen LogP contribution in [0.4, 0.5) is 17.1 Å². The van der Waals surface area contributed by atoms with E-state index in [4.69, 9.17) is 14.6 Å². The van der Waals surface area contributed by atoms with E-state index in [2.05, 4.69) is 10.6 Å². The molecule has 0 aromatic heterocycles. The number of methoxy groups -OCH3 is 1. The van der Waals surface area contributed by atoms with Gasteiger partial charge in [0, 0.05) is 53.5 Å². The minimum Gasteiger partial charge on any atom is -0.516 e. The van der Waals surface area contributed by atoms with Crippen molar-refractivity contribution in [2.45, 2.75) is 92.1 Å². The Morgan fingerprint density at radius 1 is 1.00 bits per heavy atom. The van der Waals surface area contributed by atoms with E-state index in [9.17, 15) is 35.1 Å². The summed E-state index contributed by atoms with van der Waals surface area (Å²) in [7, 11) is 1.46. The van der Waals surface area contributed by atoms with Gasteiger partial charge in [0.25, 0.3) is 5.91 Å². The summed E-state index contributed by atoms with van der Waals surface area (Å²) in [5.74, 6) is -3.40. The molecule has 0 saturated heterocycles. The number of hydrogen-bond donors (Lipinski definition) is 8. The molecule has 5 rings (SSSR count). The first-order valence-electron chi connectivity index (χ1n) is 18.2. The first-order valence-corrected chi connectivity index (χ1v) is 18.2. The molecule has 3 heterocycles. The average molecular weight is 748 g/mol. The van der Waals surface area contributed by atoms with Crippen LogP contribution in [0.1, 0.15) is 64.4 Å². The molecule has 292 valence electrons. The van der Waals surface area contributed by atoms with E-state index >= 15 is 0 Å². The number of ether oxygens (including phenoxy) is 2. The molecule has 0 bridgehead atoms. The molecule has 0 spiro atoms. The number of benzene rings is 2. The summed E-state index contributed by atoms with van der Waals surface area (Å²) in [4.78, 5) is 28.9. The zero-order valence-electron chi connectivity index (χ0n) is 32.2. The summed E-state index contributed by atoms with van der Waals surface area (Å²) in [5.41, 5.74) is 2.71. The van der Waals surface area contributed by atoms with Crippen molar-refractivity contribution in [1.29, 1.82) is 0 Å². The third-order valence-corrected chi connectivity index (χ3v) is 11.2. The zero-order valence-corrected chi connectivity index (χ0v) is 32.2. The number of nitrogens with one attached hydrogen (secondary N) is 2. The summed E-state index contributed by atoms with van der Waals surface area (Å²) in [5, 5.41) is 72.1. The number of amides is 1. The van der Waals surface area contributed by atoms with E-state index < -0.39 is 72.0 Å². The lowest BCUT2D eigenvalue weighted by molar-refractivity contribution is -0.112. The van der Waals surface area contributed by atoms with Crippen molar-refractivity contribution in [3.05, 3.63) is 71.2 Å². The minimum absolute atomic E-state index is 0.0147. The lowest BCUT2D eigenvalue weighted by Gasteiger charge is -2.36. The zero-order chi connectivity index (χ0) is 39.9. The van der Waals surface area contributed by atoms with Crippen LogP contribution in [0.25, 0.3) is 10.8 Å². The van der Waals surface area contributed by atoms with Gasteiger partial charge in [-0.1, -0.05) is 45.9 Å². The van der Waals surface area contributed by atoms with Crippen LogP contribution in [-0.2, 0) is 9.53 Å². The van der Waals surface area contributed by atoms with Gasteiger partial charge in [0.15, 0.2) is 11.9 Å². The van der Waals surface area contributed by atoms with Crippen molar-refractivity contribution >= 4 is 39.5 Å². The third-order valence-electron chi connectivity index (χ3n) is 11.2. The standard InChI is InChI=1S/C41H53N3O10/c1-18-13-15-44-27(17-18)42-31-28-29(37(49)24(7)40-30(28)38(50)25(8)54-40)39(51)32(33(31)44)43-41(52)20(3)12-10-11-19(2)34(46)22(5)36(48)23(6)35(47)21(4)26(53-9)14-16-45/h10-17,19,21-23,25-27,34-36,42,45-49,51H,1-9H3,(H,43,52)/b11-10+,16-14+,20-12-/t19?,21?,22?,23?,25-,26?,27?,34?,35?,36?/m0/s1. The molecule has 0 saturated carbocycles. The number of rotatable bonds is 13. The number of phenolic OH excluding ortho intramolecular Hbond substituents is 2. The minimum atomic E-state index is -1.06. The van der Waals surface area contributed by atoms with Crippen LogP contribution in [-0.4, -0.2) is 86.1 Å². The molecule has 9 unspecified atom stereocenters. The number of carbonyl (C=O) groups excluding carboxylic acids is 2. The first kappa shape index (κ1) is 40.4. The van der Waals surface area contributed by atoms with Gasteiger partial charge < -0.3 is 55.6 Å². The molecule has 13 nitrogen and oxygen atoms in total. The monoisotopic (exact) mass is 747 g/mol. The number of anilines is 3. The van der Waals surface area contributed by atoms with Crippen molar-refractivity contribution in [1.82, 2.24) is 0 Å². The van der Waals surface area contributed by atoms with Crippen LogP contribution in [0.2, 0.25) is 0 Å². The highest BCUT2D eigenvalue weighted by atomic mass is 16.5. The van der Waals surface area contributed by atoms with E-state index in [0.717, 1.165) is 11.8 Å². The fourth-order valence-corrected chi connectivity index (χ4v) is 7.65. The Hall–Kier alpha value is -4.82. The lowest BCUT2D eigenvalue weighted by atomic mass is 9.78. The molecule has 54 heavy (non-hydrogen) atoms. The number of aliphatic hydroxyl groups excluding tert-OH is 4.